The average molecular weight is 332 g/mol. The van der Waals surface area contributed by atoms with E-state index in [2.05, 4.69) is 15.6 Å². The monoisotopic (exact) mass is 332 g/mol. The molecule has 0 unspecified atom stereocenters. The molecule has 0 amide bonds. The molecular weight excluding hydrogens is 308 g/mol. The van der Waals surface area contributed by atoms with Gasteiger partial charge >= 0.3 is 0 Å². The number of furan rings is 1. The van der Waals surface area contributed by atoms with Crippen molar-refractivity contribution in [3.63, 3.8) is 0 Å². The van der Waals surface area contributed by atoms with E-state index < -0.39 is 12.2 Å². The van der Waals surface area contributed by atoms with E-state index in [0.29, 0.717) is 25.4 Å². The molecule has 7 nitrogen and oxygen atoms in total. The summed E-state index contributed by atoms with van der Waals surface area (Å²) in [4.78, 5) is 0. The van der Waals surface area contributed by atoms with Crippen LogP contribution in [0.1, 0.15) is 42.4 Å². The van der Waals surface area contributed by atoms with Gasteiger partial charge in [0, 0.05) is 30.6 Å². The smallest absolute Gasteiger partial charge is 0.117 e. The van der Waals surface area contributed by atoms with Gasteiger partial charge in [-0.25, -0.2) is 0 Å². The first-order valence-corrected chi connectivity index (χ1v) is 8.65. The maximum absolute atomic E-state index is 10.3. The molecule has 2 aliphatic carbocycles. The second kappa shape index (κ2) is 6.31. The fourth-order valence-electron chi connectivity index (χ4n) is 3.53. The Morgan fingerprint density at radius 2 is 2.12 bits per heavy atom. The van der Waals surface area contributed by atoms with Gasteiger partial charge in [-0.15, -0.1) is 5.10 Å². The topological polar surface area (TPSA) is 96.3 Å². The Bertz CT molecular complexity index is 694. The summed E-state index contributed by atoms with van der Waals surface area (Å²) in [6, 6.07) is 3.69. The van der Waals surface area contributed by atoms with Crippen LogP contribution in [0, 0.1) is 12.8 Å². The van der Waals surface area contributed by atoms with E-state index in [9.17, 15) is 10.2 Å². The van der Waals surface area contributed by atoms with E-state index in [4.69, 9.17) is 4.42 Å². The predicted octanol–water partition coefficient (Wildman–Crippen LogP) is 0.957. The molecule has 0 aliphatic heterocycles. The van der Waals surface area contributed by atoms with Crippen LogP contribution in [0.3, 0.4) is 0 Å². The van der Waals surface area contributed by atoms with Gasteiger partial charge in [-0.2, -0.15) is 0 Å². The number of hydrogen-bond donors (Lipinski definition) is 3. The van der Waals surface area contributed by atoms with Crippen molar-refractivity contribution in [3.05, 3.63) is 35.5 Å². The van der Waals surface area contributed by atoms with Crippen LogP contribution in [-0.2, 0) is 13.1 Å². The lowest BCUT2D eigenvalue weighted by Crippen LogP contribution is -2.39. The molecule has 0 radical (unpaired) electrons. The van der Waals surface area contributed by atoms with Crippen LogP contribution < -0.4 is 5.32 Å². The Labute approximate surface area is 140 Å². The van der Waals surface area contributed by atoms with Crippen LogP contribution in [0.5, 0.6) is 0 Å². The van der Waals surface area contributed by atoms with Crippen molar-refractivity contribution in [1.82, 2.24) is 20.3 Å². The number of aliphatic hydroxyl groups excluding tert-OH is 2. The standard InChI is InChI=1S/C17H24N4O3/c1-10-2-5-13(24-10)7-18-14-6-12(16(22)17(14)23)8-21-9-15(19-20-21)11-3-4-11/h2,5,9,11-12,14,16-18,22-23H,3-4,6-8H2,1H3/t12-,14-,16-,17+/m1/s1. The van der Waals surface area contributed by atoms with Crippen LogP contribution in [0.2, 0.25) is 0 Å². The molecule has 24 heavy (non-hydrogen) atoms. The summed E-state index contributed by atoms with van der Waals surface area (Å²) < 4.78 is 7.33. The van der Waals surface area contributed by atoms with Crippen molar-refractivity contribution < 1.29 is 14.6 Å². The summed E-state index contributed by atoms with van der Waals surface area (Å²) in [6.45, 7) is 3.03. The van der Waals surface area contributed by atoms with Crippen LogP contribution in [-0.4, -0.2) is 43.5 Å². The number of nitrogens with zero attached hydrogens (tertiary/aromatic N) is 3. The minimum absolute atomic E-state index is 0.0374. The molecular formula is C17H24N4O3. The zero-order chi connectivity index (χ0) is 16.7. The van der Waals surface area contributed by atoms with E-state index in [-0.39, 0.29) is 12.0 Å². The first-order chi connectivity index (χ1) is 11.6. The van der Waals surface area contributed by atoms with Crippen LogP contribution >= 0.6 is 0 Å². The molecule has 2 aliphatic rings. The minimum atomic E-state index is -0.780. The normalized spacial score (nSPS) is 30.1. The minimum Gasteiger partial charge on any atom is -0.465 e. The molecule has 130 valence electrons. The van der Waals surface area contributed by atoms with Crippen molar-refractivity contribution in [1.29, 1.82) is 0 Å². The highest BCUT2D eigenvalue weighted by Gasteiger charge is 2.41. The third-order valence-corrected chi connectivity index (χ3v) is 5.11. The Kier molecular flexibility index (Phi) is 4.15. The lowest BCUT2D eigenvalue weighted by molar-refractivity contribution is 0.00705. The van der Waals surface area contributed by atoms with Crippen LogP contribution in [0.4, 0.5) is 0 Å². The Morgan fingerprint density at radius 3 is 2.83 bits per heavy atom. The molecule has 0 spiro atoms. The maximum atomic E-state index is 10.3. The quantitative estimate of drug-likeness (QED) is 0.729. The predicted molar refractivity (Wildman–Crippen MR) is 86.2 cm³/mol. The van der Waals surface area contributed by atoms with Gasteiger partial charge in [0.05, 0.1) is 24.4 Å². The van der Waals surface area contributed by atoms with Crippen molar-refractivity contribution >= 4 is 0 Å². The van der Waals surface area contributed by atoms with Crippen molar-refractivity contribution in [2.45, 2.75) is 63.4 Å². The molecule has 2 aromatic rings. The highest BCUT2D eigenvalue weighted by Crippen LogP contribution is 2.38. The second-order valence-corrected chi connectivity index (χ2v) is 7.12. The zero-order valence-corrected chi connectivity index (χ0v) is 13.8. The summed E-state index contributed by atoms with van der Waals surface area (Å²) in [6.07, 6.45) is 3.53. The molecule has 2 saturated carbocycles. The summed E-state index contributed by atoms with van der Waals surface area (Å²) >= 11 is 0. The Morgan fingerprint density at radius 1 is 1.29 bits per heavy atom. The number of nitrogens with one attached hydrogen (secondary N) is 1. The van der Waals surface area contributed by atoms with Crippen molar-refractivity contribution in [3.8, 4) is 0 Å². The molecule has 4 atom stereocenters. The van der Waals surface area contributed by atoms with Gasteiger partial charge in [0.2, 0.25) is 0 Å². The zero-order valence-electron chi connectivity index (χ0n) is 13.8. The lowest BCUT2D eigenvalue weighted by Gasteiger charge is -2.17. The van der Waals surface area contributed by atoms with E-state index >= 15 is 0 Å². The van der Waals surface area contributed by atoms with Gasteiger partial charge in [-0.3, -0.25) is 4.68 Å². The van der Waals surface area contributed by atoms with E-state index in [1.807, 2.05) is 25.3 Å². The number of aromatic nitrogens is 3. The van der Waals surface area contributed by atoms with Crippen molar-refractivity contribution in [2.24, 2.45) is 5.92 Å². The lowest BCUT2D eigenvalue weighted by atomic mass is 10.1. The number of aliphatic hydroxyl groups is 2. The average Bonchev–Trinajstić information content (AvgIpc) is 3.08. The third-order valence-electron chi connectivity index (χ3n) is 5.11. The van der Waals surface area contributed by atoms with Gasteiger partial charge in [-0.05, 0) is 38.3 Å². The van der Waals surface area contributed by atoms with Gasteiger partial charge in [-0.1, -0.05) is 5.21 Å². The van der Waals surface area contributed by atoms with Crippen LogP contribution in [0.15, 0.2) is 22.7 Å². The molecule has 0 saturated heterocycles. The highest BCUT2D eigenvalue weighted by molar-refractivity contribution is 5.09. The fraction of sp³-hybridized carbons (Fsp3) is 0.647. The summed E-state index contributed by atoms with van der Waals surface area (Å²) in [7, 11) is 0. The maximum Gasteiger partial charge on any atom is 0.117 e. The third kappa shape index (κ3) is 3.24. The molecule has 0 bridgehead atoms. The fourth-order valence-corrected chi connectivity index (χ4v) is 3.53. The largest absolute Gasteiger partial charge is 0.465 e. The summed E-state index contributed by atoms with van der Waals surface area (Å²) in [5.41, 5.74) is 1.05. The molecule has 0 aromatic carbocycles. The molecule has 2 fully saturated rings. The summed E-state index contributed by atoms with van der Waals surface area (Å²) in [5, 5.41) is 32.3. The Balaban J connectivity index is 1.34. The van der Waals surface area contributed by atoms with E-state index in [0.717, 1.165) is 17.2 Å². The van der Waals surface area contributed by atoms with Gasteiger partial charge in [0.1, 0.15) is 11.5 Å². The van der Waals surface area contributed by atoms with Gasteiger partial charge < -0.3 is 19.9 Å². The first kappa shape index (κ1) is 15.8. The molecule has 4 rings (SSSR count). The SMILES string of the molecule is Cc1ccc(CN[C@@H]2C[C@H](Cn3cc(C4CC4)nn3)[C@@H](O)[C@H]2O)o1. The second-order valence-electron chi connectivity index (χ2n) is 7.12. The Hall–Kier alpha value is -1.70. The van der Waals surface area contributed by atoms with Gasteiger partial charge in [0.15, 0.2) is 0 Å². The molecule has 2 aromatic heterocycles. The first-order valence-electron chi connectivity index (χ1n) is 8.65. The van der Waals surface area contributed by atoms with E-state index in [1.165, 1.54) is 12.8 Å². The van der Waals surface area contributed by atoms with Crippen molar-refractivity contribution in [2.75, 3.05) is 0 Å². The van der Waals surface area contributed by atoms with Gasteiger partial charge in [0.25, 0.3) is 0 Å². The van der Waals surface area contributed by atoms with E-state index in [1.54, 1.807) is 4.68 Å². The molecule has 7 heteroatoms. The number of aryl methyl sites for hydroxylation is 1. The molecule has 2 heterocycles. The highest BCUT2D eigenvalue weighted by atomic mass is 16.3. The number of hydrogen-bond acceptors (Lipinski definition) is 6. The van der Waals surface area contributed by atoms with Crippen LogP contribution in [0.25, 0.3) is 0 Å². The number of rotatable bonds is 6. The molecule has 3 N–H and O–H groups in total. The summed E-state index contributed by atoms with van der Waals surface area (Å²) in [5.74, 6) is 2.24.